The van der Waals surface area contributed by atoms with Crippen LogP contribution < -0.4 is 10.6 Å². The lowest BCUT2D eigenvalue weighted by Gasteiger charge is -2.29. The number of aromatic nitrogens is 1. The molecule has 1 aliphatic carbocycles. The molecule has 0 radical (unpaired) electrons. The van der Waals surface area contributed by atoms with Gasteiger partial charge >= 0.3 is 0 Å². The molecule has 12 heteroatoms. The number of ether oxygens (including phenoxy) is 1. The molecule has 4 aliphatic heterocycles. The van der Waals surface area contributed by atoms with Crippen LogP contribution in [0.3, 0.4) is 0 Å². The average molecular weight is 997 g/mol. The average Bonchev–Trinajstić information content (AvgIpc) is 3.67. The molecule has 1 aromatic rings. The zero-order chi connectivity index (χ0) is 52.9. The molecule has 0 bridgehead atoms. The number of pyridine rings is 1. The quantitative estimate of drug-likeness (QED) is 0.135. The fourth-order valence-electron chi connectivity index (χ4n) is 7.69. The Bertz CT molecular complexity index is 1210. The van der Waals surface area contributed by atoms with E-state index in [1.54, 1.807) is 0 Å². The largest absolute Gasteiger partial charge is 0.395 e. The van der Waals surface area contributed by atoms with Gasteiger partial charge in [-0.05, 0) is 193 Å². The SMILES string of the molecule is C.CC(C)N(C)C.CC(C)N(C)CCc1ccccn1.CC(C)N1CCCC1.CC(C)N1CCCC1CO.CC(C)N1CCOCC1.CC(C)NC1CC1.CC(C)NCCO.CC1CCN(C(C)C)C1. The summed E-state index contributed by atoms with van der Waals surface area (Å²) in [4.78, 5) is 18.7. The van der Waals surface area contributed by atoms with E-state index in [4.69, 9.17) is 14.9 Å². The topological polar surface area (TPSA) is 106 Å². The molecule has 0 amide bonds. The van der Waals surface area contributed by atoms with Gasteiger partial charge < -0.3 is 45.2 Å². The van der Waals surface area contributed by atoms with Crippen LogP contribution in [0.5, 0.6) is 0 Å². The van der Waals surface area contributed by atoms with Gasteiger partial charge in [0.2, 0.25) is 0 Å². The molecule has 12 nitrogen and oxygen atoms in total. The summed E-state index contributed by atoms with van der Waals surface area (Å²) in [6.07, 6.45) is 12.4. The minimum absolute atomic E-state index is 0. The molecule has 70 heavy (non-hydrogen) atoms. The molecule has 2 atom stereocenters. The van der Waals surface area contributed by atoms with Crippen molar-refractivity contribution < 1.29 is 14.9 Å². The van der Waals surface area contributed by atoms with Crippen LogP contribution in [0.2, 0.25) is 0 Å². The van der Waals surface area contributed by atoms with Gasteiger partial charge in [0.15, 0.2) is 0 Å². The summed E-state index contributed by atoms with van der Waals surface area (Å²) in [6.45, 7) is 50.4. The van der Waals surface area contributed by atoms with Crippen molar-refractivity contribution in [1.29, 1.82) is 0 Å². The number of nitrogens with zero attached hydrogens (tertiary/aromatic N) is 7. The maximum absolute atomic E-state index is 8.94. The molecule has 5 aliphatic rings. The van der Waals surface area contributed by atoms with Gasteiger partial charge in [0.05, 0.1) is 26.4 Å². The molecule has 0 spiro atoms. The van der Waals surface area contributed by atoms with Crippen molar-refractivity contribution in [2.45, 2.75) is 237 Å². The van der Waals surface area contributed by atoms with Crippen LogP contribution >= 0.6 is 0 Å². The molecule has 1 saturated carbocycles. The van der Waals surface area contributed by atoms with E-state index in [0.717, 1.165) is 63.3 Å². The Kier molecular flexibility index (Phi) is 47.0. The highest BCUT2D eigenvalue weighted by Crippen LogP contribution is 2.20. The van der Waals surface area contributed by atoms with Crippen molar-refractivity contribution in [3.63, 3.8) is 0 Å². The van der Waals surface area contributed by atoms with Crippen LogP contribution in [0.25, 0.3) is 0 Å². The fraction of sp³-hybridized carbons (Fsp3) is 0.914. The predicted molar refractivity (Wildman–Crippen MR) is 309 cm³/mol. The van der Waals surface area contributed by atoms with E-state index in [0.29, 0.717) is 55.4 Å². The number of hydrogen-bond donors (Lipinski definition) is 4. The summed E-state index contributed by atoms with van der Waals surface area (Å²) in [5.74, 6) is 0.937. The van der Waals surface area contributed by atoms with Crippen molar-refractivity contribution in [3.8, 4) is 0 Å². The van der Waals surface area contributed by atoms with Gasteiger partial charge in [0, 0.05) is 111 Å². The van der Waals surface area contributed by atoms with Gasteiger partial charge in [-0.1, -0.05) is 48.1 Å². The summed E-state index contributed by atoms with van der Waals surface area (Å²) in [7, 11) is 6.29. The minimum atomic E-state index is 0. The van der Waals surface area contributed by atoms with E-state index >= 15 is 0 Å². The lowest BCUT2D eigenvalue weighted by Crippen LogP contribution is -2.40. The molecule has 0 aromatic carbocycles. The Morgan fingerprint density at radius 1 is 0.657 bits per heavy atom. The second kappa shape index (κ2) is 45.1. The number of morpholine rings is 1. The van der Waals surface area contributed by atoms with Crippen molar-refractivity contribution >= 4 is 0 Å². The summed E-state index contributed by atoms with van der Waals surface area (Å²) < 4.78 is 5.21. The molecule has 2 unspecified atom stereocenters. The Balaban J connectivity index is -0.000000739. The number of nitrogens with one attached hydrogen (secondary N) is 2. The first-order valence-corrected chi connectivity index (χ1v) is 28.0. The first-order valence-electron chi connectivity index (χ1n) is 28.0. The number of aliphatic hydroxyl groups excluding tert-OH is 2. The van der Waals surface area contributed by atoms with Gasteiger partial charge in [-0.15, -0.1) is 0 Å². The van der Waals surface area contributed by atoms with Gasteiger partial charge in [0.25, 0.3) is 0 Å². The van der Waals surface area contributed by atoms with E-state index in [9.17, 15) is 0 Å². The maximum atomic E-state index is 8.94. The third kappa shape index (κ3) is 42.1. The number of hydrogen-bond acceptors (Lipinski definition) is 12. The molecular weight excluding hydrogens is 871 g/mol. The zero-order valence-corrected chi connectivity index (χ0v) is 49.4. The molecule has 420 valence electrons. The van der Waals surface area contributed by atoms with E-state index < -0.39 is 0 Å². The van der Waals surface area contributed by atoms with Gasteiger partial charge in [-0.25, -0.2) is 0 Å². The van der Waals surface area contributed by atoms with Gasteiger partial charge in [-0.2, -0.15) is 0 Å². The molecule has 6 rings (SSSR count). The number of likely N-dealkylation sites (tertiary alicyclic amines) is 3. The van der Waals surface area contributed by atoms with E-state index in [1.807, 2.05) is 18.3 Å². The van der Waals surface area contributed by atoms with E-state index in [-0.39, 0.29) is 14.0 Å². The first-order chi connectivity index (χ1) is 32.5. The Morgan fingerprint density at radius 2 is 1.20 bits per heavy atom. The maximum Gasteiger partial charge on any atom is 0.0594 e. The van der Waals surface area contributed by atoms with Gasteiger partial charge in [0.1, 0.15) is 0 Å². The van der Waals surface area contributed by atoms with Crippen molar-refractivity contribution in [2.75, 3.05) is 106 Å². The number of rotatable bonds is 15. The first kappa shape index (κ1) is 73.0. The number of aliphatic hydroxyl groups is 2. The monoisotopic (exact) mass is 996 g/mol. The predicted octanol–water partition coefficient (Wildman–Crippen LogP) is 9.49. The summed E-state index contributed by atoms with van der Waals surface area (Å²) in [5, 5.41) is 23.7. The van der Waals surface area contributed by atoms with Crippen molar-refractivity contribution in [1.82, 2.24) is 45.0 Å². The van der Waals surface area contributed by atoms with Crippen LogP contribution in [-0.2, 0) is 11.2 Å². The third-order valence-corrected chi connectivity index (χ3v) is 13.3. The van der Waals surface area contributed by atoms with Crippen LogP contribution in [0, 0.1) is 5.92 Å². The summed E-state index contributed by atoms with van der Waals surface area (Å²) >= 11 is 0. The van der Waals surface area contributed by atoms with Crippen molar-refractivity contribution in [3.05, 3.63) is 30.1 Å². The molecule has 4 N–H and O–H groups in total. The molecular formula is C58H125N9O3. The lowest BCUT2D eigenvalue weighted by molar-refractivity contribution is 0.0238. The highest BCUT2D eigenvalue weighted by molar-refractivity contribution is 5.03. The third-order valence-electron chi connectivity index (χ3n) is 13.3. The van der Waals surface area contributed by atoms with E-state index in [2.05, 4.69) is 190 Å². The Hall–Kier alpha value is -1.29. The highest BCUT2D eigenvalue weighted by Gasteiger charge is 2.25. The number of likely N-dealkylation sites (N-methyl/N-ethyl adjacent to an activating group) is 1. The molecule has 5 heterocycles. The fourth-order valence-corrected chi connectivity index (χ4v) is 7.69. The van der Waals surface area contributed by atoms with Crippen molar-refractivity contribution in [2.24, 2.45) is 5.92 Å². The molecule has 5 fully saturated rings. The standard InChI is InChI=1S/C11H18N2.C8H17NO.C8H17N.C7H15NO.C7H15N.C6H13N.C5H13NO.C5H13N.CH4/c1-10(2)13(3)9-7-11-6-4-5-8-12-11;1-7(2)9-5-3-4-8(9)6-10;1-7(2)9-5-4-8(3)6-9;1-7(2)8-3-5-9-6-4-8;1-7(2)8-5-3-4-6-8;1-5(2)7-6-3-4-6;1-5(2)6-3-4-7;1-5(2)6(3)4;/h4-6,8,10H,7,9H2,1-3H3;7-8,10H,3-6H2,1-2H3;7-8H,4-6H2,1-3H3;7H,3-6H2,1-2H3;7H,3-6H2,1-2H3;2*5-7H,3-4H2,1-2H3;5H,1-4H3;1H4. The minimum Gasteiger partial charge on any atom is -0.395 e. The van der Waals surface area contributed by atoms with Crippen LogP contribution in [0.1, 0.15) is 176 Å². The zero-order valence-electron chi connectivity index (χ0n) is 49.4. The Morgan fingerprint density at radius 3 is 1.49 bits per heavy atom. The molecule has 1 aromatic heterocycles. The summed E-state index contributed by atoms with van der Waals surface area (Å²) in [5.41, 5.74) is 1.18. The Labute approximate surface area is 437 Å². The van der Waals surface area contributed by atoms with E-state index in [1.165, 1.54) is 83.4 Å². The van der Waals surface area contributed by atoms with Crippen LogP contribution in [0.15, 0.2) is 24.4 Å². The van der Waals surface area contributed by atoms with Crippen LogP contribution in [-0.4, -0.2) is 211 Å². The highest BCUT2D eigenvalue weighted by atomic mass is 16.5. The second-order valence-corrected chi connectivity index (χ2v) is 22.5. The summed E-state index contributed by atoms with van der Waals surface area (Å²) in [6, 6.07) is 12.7. The van der Waals surface area contributed by atoms with Crippen LogP contribution in [0.4, 0.5) is 0 Å². The lowest BCUT2D eigenvalue weighted by atomic mass is 10.2. The van der Waals surface area contributed by atoms with Gasteiger partial charge in [-0.3, -0.25) is 14.8 Å². The second-order valence-electron chi connectivity index (χ2n) is 22.5. The normalized spacial score (nSPS) is 19.6. The molecule has 4 saturated heterocycles. The smallest absolute Gasteiger partial charge is 0.0594 e.